The largest absolute Gasteiger partial charge is 0.377 e. The first kappa shape index (κ1) is 24.8. The van der Waals surface area contributed by atoms with Crippen molar-refractivity contribution in [1.82, 2.24) is 5.43 Å². The summed E-state index contributed by atoms with van der Waals surface area (Å²) in [5.74, 6) is -0.602. The van der Waals surface area contributed by atoms with Crippen molar-refractivity contribution in [3.8, 4) is 0 Å². The molecule has 0 unspecified atom stereocenters. The molecule has 0 saturated carbocycles. The van der Waals surface area contributed by atoms with E-state index in [0.717, 1.165) is 20.0 Å². The van der Waals surface area contributed by atoms with Crippen LogP contribution in [-0.2, 0) is 14.8 Å². The summed E-state index contributed by atoms with van der Waals surface area (Å²) in [6.07, 6.45) is 1.48. The predicted octanol–water partition coefficient (Wildman–Crippen LogP) is 4.51. The highest BCUT2D eigenvalue weighted by molar-refractivity contribution is 9.10. The zero-order chi connectivity index (χ0) is 24.0. The van der Waals surface area contributed by atoms with Gasteiger partial charge in [-0.05, 0) is 64.0 Å². The second-order valence-corrected chi connectivity index (χ2v) is 10.4. The van der Waals surface area contributed by atoms with Gasteiger partial charge in [0.1, 0.15) is 6.54 Å². The average Bonchev–Trinajstić information content (AvgIpc) is 2.78. The molecule has 10 heteroatoms. The van der Waals surface area contributed by atoms with Gasteiger partial charge in [-0.15, -0.1) is 0 Å². The van der Waals surface area contributed by atoms with E-state index in [0.29, 0.717) is 5.02 Å². The van der Waals surface area contributed by atoms with Crippen LogP contribution in [0.4, 0.5) is 11.4 Å². The number of hydrogen-bond donors (Lipinski definition) is 1. The van der Waals surface area contributed by atoms with Crippen molar-refractivity contribution >= 4 is 61.1 Å². The third kappa shape index (κ3) is 6.34. The Bertz CT molecular complexity index is 1270. The van der Waals surface area contributed by atoms with Crippen molar-refractivity contribution in [2.45, 2.75) is 4.90 Å². The summed E-state index contributed by atoms with van der Waals surface area (Å²) in [6.45, 7) is -0.474. The summed E-state index contributed by atoms with van der Waals surface area (Å²) in [5.41, 5.74) is 4.42. The van der Waals surface area contributed by atoms with Crippen LogP contribution in [0.1, 0.15) is 5.56 Å². The Hall–Kier alpha value is -2.88. The molecule has 33 heavy (non-hydrogen) atoms. The van der Waals surface area contributed by atoms with Crippen molar-refractivity contribution in [3.05, 3.63) is 87.9 Å². The number of anilines is 2. The molecule has 0 aromatic heterocycles. The van der Waals surface area contributed by atoms with E-state index in [2.05, 4.69) is 26.5 Å². The molecule has 0 bridgehead atoms. The lowest BCUT2D eigenvalue weighted by Gasteiger charge is -2.23. The maximum Gasteiger partial charge on any atom is 0.264 e. The summed E-state index contributed by atoms with van der Waals surface area (Å²) in [7, 11) is -0.143. The fraction of sp³-hybridized carbons (Fsp3) is 0.130. The standard InChI is InChI=1S/C23H22BrClN4O3S/c1-28(2)22-12-11-17(13-21(22)24)15-26-27-23(30)16-29(19-8-6-7-18(25)14-19)33(31,32)20-9-4-3-5-10-20/h3-15H,16H2,1-2H3,(H,27,30)/b26-15-. The lowest BCUT2D eigenvalue weighted by Crippen LogP contribution is -2.39. The number of amides is 1. The Morgan fingerprint density at radius 2 is 1.79 bits per heavy atom. The first-order chi connectivity index (χ1) is 15.7. The minimum Gasteiger partial charge on any atom is -0.377 e. The normalized spacial score (nSPS) is 11.4. The number of nitrogens with zero attached hydrogens (tertiary/aromatic N) is 3. The molecule has 7 nitrogen and oxygen atoms in total. The van der Waals surface area contributed by atoms with Crippen LogP contribution in [0.25, 0.3) is 0 Å². The number of benzene rings is 3. The van der Waals surface area contributed by atoms with Gasteiger partial charge in [0.15, 0.2) is 0 Å². The Balaban J connectivity index is 1.79. The van der Waals surface area contributed by atoms with Gasteiger partial charge in [-0.2, -0.15) is 5.10 Å². The van der Waals surface area contributed by atoms with E-state index in [-0.39, 0.29) is 10.6 Å². The maximum absolute atomic E-state index is 13.3. The molecule has 3 rings (SSSR count). The zero-order valence-electron chi connectivity index (χ0n) is 17.9. The topological polar surface area (TPSA) is 82.1 Å². The maximum atomic E-state index is 13.3. The van der Waals surface area contributed by atoms with Gasteiger partial charge in [-0.25, -0.2) is 13.8 Å². The Morgan fingerprint density at radius 3 is 2.42 bits per heavy atom. The van der Waals surface area contributed by atoms with Gasteiger partial charge in [0.05, 0.1) is 22.5 Å². The van der Waals surface area contributed by atoms with Gasteiger partial charge in [-0.1, -0.05) is 41.9 Å². The summed E-state index contributed by atoms with van der Waals surface area (Å²) in [5, 5.41) is 4.32. The van der Waals surface area contributed by atoms with E-state index in [1.165, 1.54) is 24.4 Å². The van der Waals surface area contributed by atoms with E-state index in [1.807, 2.05) is 37.2 Å². The molecule has 3 aromatic rings. The van der Waals surface area contributed by atoms with Crippen molar-refractivity contribution in [3.63, 3.8) is 0 Å². The number of sulfonamides is 1. The van der Waals surface area contributed by atoms with Gasteiger partial charge in [0.2, 0.25) is 0 Å². The van der Waals surface area contributed by atoms with Gasteiger partial charge >= 0.3 is 0 Å². The van der Waals surface area contributed by atoms with Gasteiger partial charge in [0.25, 0.3) is 15.9 Å². The van der Waals surface area contributed by atoms with Crippen LogP contribution < -0.4 is 14.6 Å². The van der Waals surface area contributed by atoms with Crippen LogP contribution in [-0.4, -0.2) is 41.2 Å². The molecule has 0 radical (unpaired) electrons. The Kier molecular flexibility index (Phi) is 8.12. The molecule has 0 aliphatic rings. The second kappa shape index (κ2) is 10.8. The van der Waals surface area contributed by atoms with Crippen LogP contribution in [0.3, 0.4) is 0 Å². The van der Waals surface area contributed by atoms with Crippen molar-refractivity contribution in [1.29, 1.82) is 0 Å². The zero-order valence-corrected chi connectivity index (χ0v) is 21.1. The first-order valence-electron chi connectivity index (χ1n) is 9.80. The highest BCUT2D eigenvalue weighted by Crippen LogP contribution is 2.26. The third-order valence-corrected chi connectivity index (χ3v) is 7.23. The number of hydrazone groups is 1. The number of halogens is 2. The second-order valence-electron chi connectivity index (χ2n) is 7.20. The fourth-order valence-corrected chi connectivity index (χ4v) is 5.35. The molecular formula is C23H22BrClN4O3S. The fourth-order valence-electron chi connectivity index (χ4n) is 2.98. The van der Waals surface area contributed by atoms with Crippen LogP contribution in [0.2, 0.25) is 5.02 Å². The van der Waals surface area contributed by atoms with Crippen LogP contribution in [0.15, 0.2) is 87.3 Å². The summed E-state index contributed by atoms with van der Waals surface area (Å²) < 4.78 is 28.4. The lowest BCUT2D eigenvalue weighted by molar-refractivity contribution is -0.119. The van der Waals surface area contributed by atoms with Crippen molar-refractivity contribution < 1.29 is 13.2 Å². The molecule has 3 aromatic carbocycles. The molecule has 0 fully saturated rings. The summed E-state index contributed by atoms with van der Waals surface area (Å²) in [4.78, 5) is 14.6. The smallest absolute Gasteiger partial charge is 0.264 e. The molecular weight excluding hydrogens is 528 g/mol. The highest BCUT2D eigenvalue weighted by Gasteiger charge is 2.27. The summed E-state index contributed by atoms with van der Waals surface area (Å²) in [6, 6.07) is 19.8. The molecule has 1 amide bonds. The average molecular weight is 550 g/mol. The van der Waals surface area contributed by atoms with Crippen LogP contribution >= 0.6 is 27.5 Å². The van der Waals surface area contributed by atoms with Gasteiger partial charge in [0, 0.05) is 23.6 Å². The van der Waals surface area contributed by atoms with E-state index < -0.39 is 22.5 Å². The van der Waals surface area contributed by atoms with Gasteiger partial charge in [-0.3, -0.25) is 9.10 Å². The quantitative estimate of drug-likeness (QED) is 0.331. The Morgan fingerprint density at radius 1 is 1.06 bits per heavy atom. The number of rotatable bonds is 8. The lowest BCUT2D eigenvalue weighted by atomic mass is 10.2. The third-order valence-electron chi connectivity index (χ3n) is 4.57. The minimum absolute atomic E-state index is 0.0621. The molecule has 0 heterocycles. The van der Waals surface area contributed by atoms with Crippen LogP contribution in [0.5, 0.6) is 0 Å². The van der Waals surface area contributed by atoms with Crippen molar-refractivity contribution in [2.24, 2.45) is 5.10 Å². The first-order valence-corrected chi connectivity index (χ1v) is 12.4. The molecule has 0 spiro atoms. The molecule has 0 aliphatic carbocycles. The monoisotopic (exact) mass is 548 g/mol. The van der Waals surface area contributed by atoms with Crippen molar-refractivity contribution in [2.75, 3.05) is 29.8 Å². The molecule has 0 saturated heterocycles. The number of nitrogens with one attached hydrogen (secondary N) is 1. The van der Waals surface area contributed by atoms with E-state index in [1.54, 1.807) is 36.4 Å². The Labute approximate surface area is 206 Å². The van der Waals surface area contributed by atoms with E-state index in [9.17, 15) is 13.2 Å². The SMILES string of the molecule is CN(C)c1ccc(/C=N\NC(=O)CN(c2cccc(Cl)c2)S(=O)(=O)c2ccccc2)cc1Br. The minimum atomic E-state index is -4.01. The van der Waals surface area contributed by atoms with Crippen LogP contribution in [0, 0.1) is 0 Å². The molecule has 0 aliphatic heterocycles. The molecule has 0 atom stereocenters. The number of carbonyl (C=O) groups is 1. The van der Waals surface area contributed by atoms with E-state index in [4.69, 9.17) is 11.6 Å². The molecule has 172 valence electrons. The highest BCUT2D eigenvalue weighted by atomic mass is 79.9. The predicted molar refractivity (Wildman–Crippen MR) is 137 cm³/mol. The number of carbonyl (C=O) groups excluding carboxylic acids is 1. The van der Waals surface area contributed by atoms with E-state index >= 15 is 0 Å². The molecule has 1 N–H and O–H groups in total. The van der Waals surface area contributed by atoms with Gasteiger partial charge < -0.3 is 4.90 Å². The summed E-state index contributed by atoms with van der Waals surface area (Å²) >= 11 is 9.57. The number of hydrogen-bond acceptors (Lipinski definition) is 5.